The normalized spacial score (nSPS) is 13.7. The van der Waals surface area contributed by atoms with Gasteiger partial charge < -0.3 is 15.5 Å². The summed E-state index contributed by atoms with van der Waals surface area (Å²) in [5.74, 6) is -1.68. The fraction of sp³-hybridized carbons (Fsp3) is 0.385. The molecular weight excluding hydrogens is 234 g/mol. The molecule has 5 heteroatoms. The molecule has 0 aromatic heterocycles. The Bertz CT molecular complexity index is 454. The summed E-state index contributed by atoms with van der Waals surface area (Å²) in [4.78, 5) is 22.2. The Morgan fingerprint density at radius 1 is 1.39 bits per heavy atom. The van der Waals surface area contributed by atoms with E-state index in [-0.39, 0.29) is 18.9 Å². The Morgan fingerprint density at radius 3 is 2.61 bits per heavy atom. The second-order valence-electron chi connectivity index (χ2n) is 4.52. The van der Waals surface area contributed by atoms with E-state index in [0.29, 0.717) is 0 Å². The van der Waals surface area contributed by atoms with E-state index in [4.69, 9.17) is 5.11 Å². The number of benzene rings is 1. The molecule has 0 aliphatic rings. The minimum Gasteiger partial charge on any atom is -0.479 e. The van der Waals surface area contributed by atoms with Gasteiger partial charge >= 0.3 is 5.97 Å². The molecule has 1 rings (SSSR count). The van der Waals surface area contributed by atoms with Gasteiger partial charge in [-0.25, -0.2) is 4.79 Å². The van der Waals surface area contributed by atoms with Gasteiger partial charge in [-0.15, -0.1) is 0 Å². The van der Waals surface area contributed by atoms with E-state index in [1.807, 2.05) is 31.2 Å². The number of aryl methyl sites for hydroxylation is 1. The molecule has 0 saturated carbocycles. The van der Waals surface area contributed by atoms with E-state index in [2.05, 4.69) is 5.32 Å². The maximum Gasteiger partial charge on any atom is 0.337 e. The molecule has 18 heavy (non-hydrogen) atoms. The lowest BCUT2D eigenvalue weighted by molar-refractivity contribution is -0.156. The van der Waals surface area contributed by atoms with Crippen molar-refractivity contribution in [2.45, 2.75) is 25.9 Å². The van der Waals surface area contributed by atoms with E-state index in [1.54, 1.807) is 0 Å². The van der Waals surface area contributed by atoms with Crippen LogP contribution in [0.5, 0.6) is 0 Å². The van der Waals surface area contributed by atoms with Crippen molar-refractivity contribution in [1.82, 2.24) is 5.32 Å². The third-order valence-electron chi connectivity index (χ3n) is 2.54. The largest absolute Gasteiger partial charge is 0.479 e. The van der Waals surface area contributed by atoms with Crippen LogP contribution in [-0.2, 0) is 16.0 Å². The van der Waals surface area contributed by atoms with Crippen molar-refractivity contribution in [3.63, 3.8) is 0 Å². The zero-order chi connectivity index (χ0) is 13.8. The highest BCUT2D eigenvalue weighted by molar-refractivity contribution is 5.81. The summed E-state index contributed by atoms with van der Waals surface area (Å²) in [6.45, 7) is 2.76. The summed E-state index contributed by atoms with van der Waals surface area (Å²) in [5.41, 5.74) is -0.0391. The molecule has 1 amide bonds. The average molecular weight is 251 g/mol. The molecule has 1 atom stereocenters. The number of carbonyl (C=O) groups is 2. The molecule has 1 aromatic carbocycles. The number of aliphatic carboxylic acids is 1. The SMILES string of the molecule is Cc1cccc(CC(=O)NCC(C)(O)C(=O)O)c1. The predicted molar refractivity (Wildman–Crippen MR) is 66.2 cm³/mol. The molecule has 0 heterocycles. The molecule has 98 valence electrons. The highest BCUT2D eigenvalue weighted by atomic mass is 16.4. The van der Waals surface area contributed by atoms with Crippen molar-refractivity contribution in [3.05, 3.63) is 35.4 Å². The van der Waals surface area contributed by atoms with Crippen LogP contribution in [0, 0.1) is 6.92 Å². The zero-order valence-electron chi connectivity index (χ0n) is 10.4. The van der Waals surface area contributed by atoms with Gasteiger partial charge in [0.15, 0.2) is 5.60 Å². The first-order valence-electron chi connectivity index (χ1n) is 5.59. The number of nitrogens with one attached hydrogen (secondary N) is 1. The van der Waals surface area contributed by atoms with Crippen molar-refractivity contribution < 1.29 is 19.8 Å². The van der Waals surface area contributed by atoms with Crippen LogP contribution in [0.25, 0.3) is 0 Å². The van der Waals surface area contributed by atoms with Crippen molar-refractivity contribution in [3.8, 4) is 0 Å². The molecular formula is C13H17NO4. The molecule has 0 saturated heterocycles. The van der Waals surface area contributed by atoms with Crippen LogP contribution >= 0.6 is 0 Å². The number of rotatable bonds is 5. The molecule has 1 aromatic rings. The Kier molecular flexibility index (Phi) is 4.44. The zero-order valence-corrected chi connectivity index (χ0v) is 10.4. The van der Waals surface area contributed by atoms with Gasteiger partial charge in [0.2, 0.25) is 5.91 Å². The van der Waals surface area contributed by atoms with Crippen molar-refractivity contribution in [2.24, 2.45) is 0 Å². The third-order valence-corrected chi connectivity index (χ3v) is 2.54. The maximum atomic E-state index is 11.6. The standard InChI is InChI=1S/C13H17NO4/c1-9-4-3-5-10(6-9)7-11(15)14-8-13(2,18)12(16)17/h3-6,18H,7-8H2,1-2H3,(H,14,15)(H,16,17). The number of amides is 1. The molecule has 5 nitrogen and oxygen atoms in total. The lowest BCUT2D eigenvalue weighted by atomic mass is 10.1. The summed E-state index contributed by atoms with van der Waals surface area (Å²) in [5, 5.41) is 20.5. The summed E-state index contributed by atoms with van der Waals surface area (Å²) in [7, 11) is 0. The first-order chi connectivity index (χ1) is 8.31. The number of carbonyl (C=O) groups excluding carboxylic acids is 1. The minimum absolute atomic E-state index is 0.164. The lowest BCUT2D eigenvalue weighted by Gasteiger charge is -2.18. The quantitative estimate of drug-likeness (QED) is 0.710. The second-order valence-corrected chi connectivity index (χ2v) is 4.52. The Balaban J connectivity index is 2.50. The number of carboxylic acid groups (broad SMARTS) is 1. The monoisotopic (exact) mass is 251 g/mol. The van der Waals surface area contributed by atoms with Crippen LogP contribution in [0.15, 0.2) is 24.3 Å². The van der Waals surface area contributed by atoms with Crippen LogP contribution in [0.2, 0.25) is 0 Å². The van der Waals surface area contributed by atoms with Crippen LogP contribution in [0.4, 0.5) is 0 Å². The lowest BCUT2D eigenvalue weighted by Crippen LogP contribution is -2.46. The molecule has 0 bridgehead atoms. The number of hydrogen-bond donors (Lipinski definition) is 3. The van der Waals surface area contributed by atoms with E-state index in [9.17, 15) is 14.7 Å². The highest BCUT2D eigenvalue weighted by Gasteiger charge is 2.30. The smallest absolute Gasteiger partial charge is 0.337 e. The third kappa shape index (κ3) is 4.18. The first-order valence-corrected chi connectivity index (χ1v) is 5.59. The van der Waals surface area contributed by atoms with Crippen molar-refractivity contribution >= 4 is 11.9 Å². The summed E-state index contributed by atoms with van der Waals surface area (Å²) in [6, 6.07) is 7.48. The van der Waals surface area contributed by atoms with E-state index in [0.717, 1.165) is 18.1 Å². The van der Waals surface area contributed by atoms with Gasteiger partial charge in [-0.1, -0.05) is 29.8 Å². The molecule has 3 N–H and O–H groups in total. The molecule has 0 spiro atoms. The Labute approximate surface area is 105 Å². The van der Waals surface area contributed by atoms with Gasteiger partial charge in [-0.2, -0.15) is 0 Å². The molecule has 0 fully saturated rings. The number of carboxylic acids is 1. The van der Waals surface area contributed by atoms with Gasteiger partial charge in [0.25, 0.3) is 0 Å². The molecule has 1 unspecified atom stereocenters. The molecule has 0 aliphatic carbocycles. The Morgan fingerprint density at radius 2 is 2.06 bits per heavy atom. The van der Waals surface area contributed by atoms with Gasteiger partial charge in [-0.05, 0) is 19.4 Å². The molecule has 0 aliphatic heterocycles. The van der Waals surface area contributed by atoms with Crippen LogP contribution in [-0.4, -0.2) is 34.2 Å². The topological polar surface area (TPSA) is 86.6 Å². The fourth-order valence-corrected chi connectivity index (χ4v) is 1.42. The Hall–Kier alpha value is -1.88. The van der Waals surface area contributed by atoms with E-state index < -0.39 is 11.6 Å². The van der Waals surface area contributed by atoms with Gasteiger partial charge in [0.1, 0.15) is 0 Å². The summed E-state index contributed by atoms with van der Waals surface area (Å²) in [6.07, 6.45) is 0.164. The summed E-state index contributed by atoms with van der Waals surface area (Å²) >= 11 is 0. The van der Waals surface area contributed by atoms with Gasteiger partial charge in [0, 0.05) is 0 Å². The fourth-order valence-electron chi connectivity index (χ4n) is 1.42. The minimum atomic E-state index is -1.94. The van der Waals surface area contributed by atoms with Gasteiger partial charge in [-0.3, -0.25) is 4.79 Å². The van der Waals surface area contributed by atoms with Crippen LogP contribution in [0.1, 0.15) is 18.1 Å². The van der Waals surface area contributed by atoms with E-state index in [1.165, 1.54) is 0 Å². The van der Waals surface area contributed by atoms with Crippen LogP contribution in [0.3, 0.4) is 0 Å². The highest BCUT2D eigenvalue weighted by Crippen LogP contribution is 2.05. The van der Waals surface area contributed by atoms with E-state index >= 15 is 0 Å². The first kappa shape index (κ1) is 14.2. The number of hydrogen-bond acceptors (Lipinski definition) is 3. The average Bonchev–Trinajstić information content (AvgIpc) is 2.26. The maximum absolute atomic E-state index is 11.6. The number of aliphatic hydroxyl groups is 1. The molecule has 0 radical (unpaired) electrons. The van der Waals surface area contributed by atoms with Crippen molar-refractivity contribution in [2.75, 3.05) is 6.54 Å². The second kappa shape index (κ2) is 5.64. The summed E-state index contributed by atoms with van der Waals surface area (Å²) < 4.78 is 0. The van der Waals surface area contributed by atoms with Crippen LogP contribution < -0.4 is 5.32 Å². The predicted octanol–water partition coefficient (Wildman–Crippen LogP) is 0.489. The van der Waals surface area contributed by atoms with Crippen molar-refractivity contribution in [1.29, 1.82) is 0 Å². The van der Waals surface area contributed by atoms with Gasteiger partial charge in [0.05, 0.1) is 13.0 Å².